The summed E-state index contributed by atoms with van der Waals surface area (Å²) >= 11 is 0. The van der Waals surface area contributed by atoms with Gasteiger partial charge in [-0.05, 0) is 63.6 Å². The molecule has 1 fully saturated rings. The number of carbonyl (C=O) groups is 3. The predicted molar refractivity (Wildman–Crippen MR) is 93.3 cm³/mol. The minimum Gasteiger partial charge on any atom is -0.349 e. The second-order valence-electron chi connectivity index (χ2n) is 8.24. The largest absolute Gasteiger partial charge is 0.349 e. The minimum absolute atomic E-state index is 0.166. The summed E-state index contributed by atoms with van der Waals surface area (Å²) in [4.78, 5) is 39.0. The van der Waals surface area contributed by atoms with E-state index in [1.807, 2.05) is 20.8 Å². The zero-order valence-electron chi connectivity index (χ0n) is 14.7. The van der Waals surface area contributed by atoms with Crippen molar-refractivity contribution >= 4 is 17.7 Å². The molecular weight excluding hydrogens is 316 g/mol. The second kappa shape index (κ2) is 5.28. The third kappa shape index (κ3) is 2.49. The van der Waals surface area contributed by atoms with Crippen LogP contribution in [0.5, 0.6) is 0 Å². The van der Waals surface area contributed by atoms with Crippen LogP contribution in [-0.4, -0.2) is 34.2 Å². The lowest BCUT2D eigenvalue weighted by Crippen LogP contribution is -2.45. The van der Waals surface area contributed by atoms with Crippen LogP contribution in [-0.2, 0) is 0 Å². The summed E-state index contributed by atoms with van der Waals surface area (Å²) in [5, 5.41) is 3.09. The SMILES string of the molecule is CC(C)(C)N1C(=O)c2ccc(C(=O)NC3CC4C=CC3C4)cc2C1=O. The highest BCUT2D eigenvalue weighted by molar-refractivity contribution is 6.22. The van der Waals surface area contributed by atoms with Gasteiger partial charge in [0.05, 0.1) is 11.1 Å². The van der Waals surface area contributed by atoms with Crippen LogP contribution in [0.4, 0.5) is 0 Å². The van der Waals surface area contributed by atoms with E-state index in [0.29, 0.717) is 28.5 Å². The monoisotopic (exact) mass is 338 g/mol. The number of fused-ring (bicyclic) bond motifs is 3. The second-order valence-corrected chi connectivity index (χ2v) is 8.24. The van der Waals surface area contributed by atoms with Gasteiger partial charge in [-0.2, -0.15) is 0 Å². The van der Waals surface area contributed by atoms with Gasteiger partial charge in [0.15, 0.2) is 0 Å². The molecule has 0 radical (unpaired) electrons. The lowest BCUT2D eigenvalue weighted by Gasteiger charge is -2.29. The molecule has 3 amide bonds. The number of nitrogens with one attached hydrogen (secondary N) is 1. The van der Waals surface area contributed by atoms with E-state index in [9.17, 15) is 14.4 Å². The fourth-order valence-electron chi connectivity index (χ4n) is 4.19. The van der Waals surface area contributed by atoms with Crippen molar-refractivity contribution in [1.82, 2.24) is 10.2 Å². The van der Waals surface area contributed by atoms with E-state index in [0.717, 1.165) is 12.8 Å². The smallest absolute Gasteiger partial charge is 0.262 e. The summed E-state index contributed by atoms with van der Waals surface area (Å²) in [5.74, 6) is 0.198. The summed E-state index contributed by atoms with van der Waals surface area (Å²) in [6.45, 7) is 5.47. The minimum atomic E-state index is -0.592. The number of hydrogen-bond acceptors (Lipinski definition) is 3. The molecule has 1 saturated carbocycles. The van der Waals surface area contributed by atoms with Gasteiger partial charge in [-0.1, -0.05) is 12.2 Å². The molecule has 0 spiro atoms. The maximum Gasteiger partial charge on any atom is 0.262 e. The molecule has 130 valence electrons. The van der Waals surface area contributed by atoms with Crippen molar-refractivity contribution in [3.05, 3.63) is 47.0 Å². The van der Waals surface area contributed by atoms with E-state index in [1.54, 1.807) is 18.2 Å². The van der Waals surface area contributed by atoms with Gasteiger partial charge in [0.25, 0.3) is 17.7 Å². The van der Waals surface area contributed by atoms with Gasteiger partial charge >= 0.3 is 0 Å². The van der Waals surface area contributed by atoms with Crippen molar-refractivity contribution in [3.8, 4) is 0 Å². The van der Waals surface area contributed by atoms with Gasteiger partial charge in [-0.15, -0.1) is 0 Å². The van der Waals surface area contributed by atoms with E-state index in [2.05, 4.69) is 17.5 Å². The van der Waals surface area contributed by atoms with Crippen LogP contribution in [0.25, 0.3) is 0 Å². The highest BCUT2D eigenvalue weighted by Crippen LogP contribution is 2.39. The molecule has 2 aliphatic carbocycles. The maximum absolute atomic E-state index is 12.6. The summed E-state index contributed by atoms with van der Waals surface area (Å²) in [5.41, 5.74) is 0.535. The van der Waals surface area contributed by atoms with E-state index in [-0.39, 0.29) is 23.8 Å². The molecule has 4 rings (SSSR count). The zero-order valence-corrected chi connectivity index (χ0v) is 14.7. The van der Waals surface area contributed by atoms with Crippen LogP contribution < -0.4 is 5.32 Å². The molecule has 5 nitrogen and oxygen atoms in total. The Hall–Kier alpha value is -2.43. The molecule has 1 aliphatic heterocycles. The maximum atomic E-state index is 12.6. The number of nitrogens with zero attached hydrogens (tertiary/aromatic N) is 1. The Labute approximate surface area is 147 Å². The van der Waals surface area contributed by atoms with E-state index in [1.165, 1.54) is 4.90 Å². The average Bonchev–Trinajstić information content (AvgIpc) is 3.21. The first kappa shape index (κ1) is 16.1. The summed E-state index contributed by atoms with van der Waals surface area (Å²) in [6, 6.07) is 4.95. The molecule has 3 atom stereocenters. The number of allylic oxidation sites excluding steroid dienone is 1. The lowest BCUT2D eigenvalue weighted by molar-refractivity contribution is 0.0507. The van der Waals surface area contributed by atoms with Gasteiger partial charge in [-0.25, -0.2) is 0 Å². The van der Waals surface area contributed by atoms with Gasteiger partial charge < -0.3 is 5.32 Å². The molecule has 3 aliphatic rings. The third-order valence-corrected chi connectivity index (χ3v) is 5.41. The molecule has 0 aromatic heterocycles. The molecule has 1 heterocycles. The van der Waals surface area contributed by atoms with Crippen molar-refractivity contribution in [2.75, 3.05) is 0 Å². The van der Waals surface area contributed by atoms with E-state index in [4.69, 9.17) is 0 Å². The highest BCUT2D eigenvalue weighted by Gasteiger charge is 2.42. The summed E-state index contributed by atoms with van der Waals surface area (Å²) < 4.78 is 0. The topological polar surface area (TPSA) is 66.5 Å². The fourth-order valence-corrected chi connectivity index (χ4v) is 4.19. The zero-order chi connectivity index (χ0) is 17.9. The Morgan fingerprint density at radius 3 is 2.40 bits per heavy atom. The number of imide groups is 1. The normalized spacial score (nSPS) is 27.2. The third-order valence-electron chi connectivity index (χ3n) is 5.41. The van der Waals surface area contributed by atoms with Gasteiger partial charge in [0.2, 0.25) is 0 Å². The van der Waals surface area contributed by atoms with Gasteiger partial charge in [-0.3, -0.25) is 19.3 Å². The van der Waals surface area contributed by atoms with Crippen LogP contribution in [0.3, 0.4) is 0 Å². The molecule has 25 heavy (non-hydrogen) atoms. The highest BCUT2D eigenvalue weighted by atomic mass is 16.2. The molecule has 1 aromatic carbocycles. The Morgan fingerprint density at radius 2 is 1.80 bits per heavy atom. The quantitative estimate of drug-likeness (QED) is 0.666. The van der Waals surface area contributed by atoms with E-state index >= 15 is 0 Å². The number of amides is 3. The molecule has 5 heteroatoms. The molecule has 2 bridgehead atoms. The van der Waals surface area contributed by atoms with Crippen LogP contribution in [0.1, 0.15) is 64.7 Å². The summed E-state index contributed by atoms with van der Waals surface area (Å²) in [6.07, 6.45) is 6.51. The van der Waals surface area contributed by atoms with E-state index < -0.39 is 5.54 Å². The van der Waals surface area contributed by atoms with Crippen molar-refractivity contribution in [3.63, 3.8) is 0 Å². The van der Waals surface area contributed by atoms with Crippen LogP contribution in [0.15, 0.2) is 30.4 Å². The Kier molecular flexibility index (Phi) is 3.39. The van der Waals surface area contributed by atoms with Crippen molar-refractivity contribution in [2.45, 2.75) is 45.2 Å². The first-order valence-electron chi connectivity index (χ1n) is 8.78. The molecule has 3 unspecified atom stereocenters. The number of rotatable bonds is 2. The van der Waals surface area contributed by atoms with Gasteiger partial charge in [0, 0.05) is 17.1 Å². The first-order valence-corrected chi connectivity index (χ1v) is 8.78. The van der Waals surface area contributed by atoms with Crippen molar-refractivity contribution < 1.29 is 14.4 Å². The van der Waals surface area contributed by atoms with Crippen LogP contribution >= 0.6 is 0 Å². The molecular formula is C20H22N2O3. The molecule has 1 aromatic rings. The number of hydrogen-bond donors (Lipinski definition) is 1. The van der Waals surface area contributed by atoms with Gasteiger partial charge in [0.1, 0.15) is 0 Å². The fraction of sp³-hybridized carbons (Fsp3) is 0.450. The number of benzene rings is 1. The molecule has 0 saturated heterocycles. The van der Waals surface area contributed by atoms with Crippen molar-refractivity contribution in [1.29, 1.82) is 0 Å². The lowest BCUT2D eigenvalue weighted by atomic mass is 10.0. The van der Waals surface area contributed by atoms with Crippen LogP contribution in [0.2, 0.25) is 0 Å². The Balaban J connectivity index is 1.57. The Morgan fingerprint density at radius 1 is 1.08 bits per heavy atom. The standard InChI is InChI=1S/C20H22N2O3/c1-20(2,3)22-18(24)14-7-6-13(10-15(14)19(22)25)17(23)21-16-9-11-4-5-12(16)8-11/h4-7,10-12,16H,8-9H2,1-3H3,(H,21,23). The predicted octanol–water partition coefficient (Wildman–Crippen LogP) is 2.78. The molecule has 1 N–H and O–H groups in total. The van der Waals surface area contributed by atoms with Crippen molar-refractivity contribution in [2.24, 2.45) is 11.8 Å². The Bertz CT molecular complexity index is 819. The van der Waals surface area contributed by atoms with Crippen LogP contribution in [0, 0.1) is 11.8 Å². The number of carbonyl (C=O) groups excluding carboxylic acids is 3. The average molecular weight is 338 g/mol. The summed E-state index contributed by atoms with van der Waals surface area (Å²) in [7, 11) is 0. The first-order chi connectivity index (χ1) is 11.8.